The van der Waals surface area contributed by atoms with E-state index in [-0.39, 0.29) is 30.5 Å². The predicted octanol–water partition coefficient (Wildman–Crippen LogP) is 2.57. The second-order valence-electron chi connectivity index (χ2n) is 8.96. The van der Waals surface area contributed by atoms with Crippen molar-refractivity contribution < 1.29 is 19.1 Å². The van der Waals surface area contributed by atoms with Gasteiger partial charge in [0.2, 0.25) is 11.8 Å². The van der Waals surface area contributed by atoms with Crippen molar-refractivity contribution in [1.29, 1.82) is 0 Å². The summed E-state index contributed by atoms with van der Waals surface area (Å²) in [5.41, 5.74) is 13.4. The molecule has 0 spiro atoms. The lowest BCUT2D eigenvalue weighted by Crippen LogP contribution is -2.53. The fourth-order valence-corrected chi connectivity index (χ4v) is 4.52. The first-order chi connectivity index (χ1) is 16.7. The third kappa shape index (κ3) is 6.32. The lowest BCUT2D eigenvalue weighted by Gasteiger charge is -2.40. The average Bonchev–Trinajstić information content (AvgIpc) is 2.86. The van der Waals surface area contributed by atoms with Gasteiger partial charge in [0, 0.05) is 24.7 Å². The molecule has 9 heteroatoms. The number of piperidine rings is 1. The molecule has 3 rings (SSSR count). The minimum atomic E-state index is -0.886. The number of hydrogen-bond acceptors (Lipinski definition) is 5. The number of halogens is 1. The van der Waals surface area contributed by atoms with Crippen LogP contribution in [0.5, 0.6) is 5.75 Å². The minimum absolute atomic E-state index is 0.0521. The van der Waals surface area contributed by atoms with Crippen LogP contribution in [0.15, 0.2) is 36.4 Å². The quantitative estimate of drug-likeness (QED) is 0.487. The number of nitrogens with zero attached hydrogens (tertiary/aromatic N) is 1. The van der Waals surface area contributed by atoms with Gasteiger partial charge in [0.1, 0.15) is 12.4 Å². The second-order valence-corrected chi connectivity index (χ2v) is 9.39. The first kappa shape index (κ1) is 26.5. The summed E-state index contributed by atoms with van der Waals surface area (Å²) in [6.45, 7) is 5.05. The highest BCUT2D eigenvalue weighted by Crippen LogP contribution is 2.34. The molecule has 1 saturated heterocycles. The van der Waals surface area contributed by atoms with Gasteiger partial charge < -0.3 is 26.4 Å². The standard InChI is InChI=1S/C26H33ClN4O4/c1-3-18-4-7-21(24(29)33)22(13-18)35-16-26(8-10-31(11-9-26)23(32)14-28)25(34)30-15-19-5-6-20(27)12-17(19)2/h4-7,12-13H,3,8-11,14-16,28H2,1-2H3,(H2,29,33)(H,30,34). The Hall–Kier alpha value is -3.10. The van der Waals surface area contributed by atoms with Crippen LogP contribution in [0.1, 0.15) is 46.8 Å². The van der Waals surface area contributed by atoms with E-state index in [1.54, 1.807) is 23.1 Å². The third-order valence-electron chi connectivity index (χ3n) is 6.70. The van der Waals surface area contributed by atoms with Gasteiger partial charge in [-0.3, -0.25) is 14.4 Å². The zero-order valence-electron chi connectivity index (χ0n) is 20.2. The van der Waals surface area contributed by atoms with E-state index in [0.717, 1.165) is 23.1 Å². The number of primary amides is 1. The van der Waals surface area contributed by atoms with Crippen LogP contribution in [0, 0.1) is 12.3 Å². The highest BCUT2D eigenvalue weighted by Gasteiger charge is 2.43. The monoisotopic (exact) mass is 500 g/mol. The Morgan fingerprint density at radius 1 is 1.14 bits per heavy atom. The van der Waals surface area contributed by atoms with Crippen molar-refractivity contribution in [2.45, 2.75) is 39.7 Å². The molecule has 0 saturated carbocycles. The zero-order chi connectivity index (χ0) is 25.6. The van der Waals surface area contributed by atoms with E-state index < -0.39 is 11.3 Å². The number of likely N-dealkylation sites (tertiary alicyclic amines) is 1. The Morgan fingerprint density at radius 2 is 1.86 bits per heavy atom. The van der Waals surface area contributed by atoms with E-state index >= 15 is 0 Å². The smallest absolute Gasteiger partial charge is 0.252 e. The summed E-state index contributed by atoms with van der Waals surface area (Å²) in [6.07, 6.45) is 1.57. The first-order valence-corrected chi connectivity index (χ1v) is 12.1. The lowest BCUT2D eigenvalue weighted by molar-refractivity contribution is -0.141. The van der Waals surface area contributed by atoms with Crippen LogP contribution in [0.3, 0.4) is 0 Å². The number of amides is 3. The molecule has 8 nitrogen and oxygen atoms in total. The molecule has 0 atom stereocenters. The Kier molecular flexibility index (Phi) is 8.75. The summed E-state index contributed by atoms with van der Waals surface area (Å²) in [4.78, 5) is 39.3. The molecule has 1 aliphatic rings. The van der Waals surface area contributed by atoms with Gasteiger partial charge in [-0.2, -0.15) is 0 Å². The minimum Gasteiger partial charge on any atom is -0.492 e. The van der Waals surface area contributed by atoms with Gasteiger partial charge in [0.15, 0.2) is 0 Å². The molecule has 1 heterocycles. The van der Waals surface area contributed by atoms with Crippen molar-refractivity contribution >= 4 is 29.3 Å². The molecular formula is C26H33ClN4O4. The van der Waals surface area contributed by atoms with Crippen LogP contribution < -0.4 is 21.5 Å². The normalized spacial score (nSPS) is 14.9. The molecular weight excluding hydrogens is 468 g/mol. The van der Waals surface area contributed by atoms with Crippen molar-refractivity contribution in [3.8, 4) is 5.75 Å². The molecule has 2 aromatic rings. The number of benzene rings is 2. The zero-order valence-corrected chi connectivity index (χ0v) is 21.0. The number of nitrogens with two attached hydrogens (primary N) is 2. The molecule has 3 amide bonds. The molecule has 0 radical (unpaired) electrons. The van der Waals surface area contributed by atoms with Crippen LogP contribution in [0.4, 0.5) is 0 Å². The van der Waals surface area contributed by atoms with Crippen molar-refractivity contribution in [2.24, 2.45) is 16.9 Å². The molecule has 188 valence electrons. The maximum absolute atomic E-state index is 13.5. The summed E-state index contributed by atoms with van der Waals surface area (Å²) in [5.74, 6) is -0.553. The van der Waals surface area contributed by atoms with Crippen LogP contribution in [0.2, 0.25) is 5.02 Å². The highest BCUT2D eigenvalue weighted by molar-refractivity contribution is 6.30. The second kappa shape index (κ2) is 11.6. The molecule has 1 aliphatic heterocycles. The number of hydrogen-bond donors (Lipinski definition) is 3. The molecule has 2 aromatic carbocycles. The number of carbonyl (C=O) groups excluding carboxylic acids is 3. The Labute approximate surface area is 210 Å². The maximum atomic E-state index is 13.5. The van der Waals surface area contributed by atoms with Crippen molar-refractivity contribution in [3.05, 3.63) is 63.7 Å². The van der Waals surface area contributed by atoms with E-state index in [2.05, 4.69) is 5.32 Å². The van der Waals surface area contributed by atoms with Crippen LogP contribution in [0.25, 0.3) is 0 Å². The van der Waals surface area contributed by atoms with E-state index in [1.807, 2.05) is 32.0 Å². The van der Waals surface area contributed by atoms with E-state index in [4.69, 9.17) is 27.8 Å². The average molecular weight is 501 g/mol. The molecule has 1 fully saturated rings. The van der Waals surface area contributed by atoms with Gasteiger partial charge in [-0.15, -0.1) is 0 Å². The Bertz CT molecular complexity index is 1100. The van der Waals surface area contributed by atoms with Crippen LogP contribution in [-0.4, -0.2) is 48.9 Å². The van der Waals surface area contributed by atoms with Crippen molar-refractivity contribution in [2.75, 3.05) is 26.2 Å². The number of aryl methyl sites for hydroxylation is 2. The number of nitrogens with one attached hydrogen (secondary N) is 1. The number of carbonyl (C=O) groups is 3. The highest BCUT2D eigenvalue weighted by atomic mass is 35.5. The Morgan fingerprint density at radius 3 is 2.46 bits per heavy atom. The predicted molar refractivity (Wildman–Crippen MR) is 135 cm³/mol. The number of rotatable bonds is 9. The summed E-state index contributed by atoms with van der Waals surface area (Å²) in [7, 11) is 0. The van der Waals surface area contributed by atoms with Gasteiger partial charge in [-0.05, 0) is 67.1 Å². The lowest BCUT2D eigenvalue weighted by atomic mass is 9.78. The van der Waals surface area contributed by atoms with Crippen molar-refractivity contribution in [1.82, 2.24) is 10.2 Å². The summed E-state index contributed by atoms with van der Waals surface area (Å²) >= 11 is 6.05. The van der Waals surface area contributed by atoms with E-state index in [0.29, 0.717) is 43.2 Å². The molecule has 35 heavy (non-hydrogen) atoms. The molecule has 0 bridgehead atoms. The number of ether oxygens (including phenoxy) is 1. The van der Waals surface area contributed by atoms with E-state index in [1.165, 1.54) is 0 Å². The fraction of sp³-hybridized carbons (Fsp3) is 0.423. The third-order valence-corrected chi connectivity index (χ3v) is 6.93. The van der Waals surface area contributed by atoms with Gasteiger partial charge in [-0.1, -0.05) is 30.7 Å². The molecule has 0 aromatic heterocycles. The van der Waals surface area contributed by atoms with Gasteiger partial charge in [-0.25, -0.2) is 0 Å². The topological polar surface area (TPSA) is 128 Å². The van der Waals surface area contributed by atoms with Gasteiger partial charge in [0.05, 0.1) is 17.5 Å². The summed E-state index contributed by atoms with van der Waals surface area (Å²) in [5, 5.41) is 3.68. The van der Waals surface area contributed by atoms with E-state index in [9.17, 15) is 14.4 Å². The molecule has 0 aliphatic carbocycles. The summed E-state index contributed by atoms with van der Waals surface area (Å²) < 4.78 is 6.11. The molecule has 5 N–H and O–H groups in total. The van der Waals surface area contributed by atoms with Crippen LogP contribution >= 0.6 is 11.6 Å². The first-order valence-electron chi connectivity index (χ1n) is 11.8. The SMILES string of the molecule is CCc1ccc(C(N)=O)c(OCC2(C(=O)NCc3ccc(Cl)cc3C)CCN(C(=O)CN)CC2)c1. The van der Waals surface area contributed by atoms with Gasteiger partial charge in [0.25, 0.3) is 5.91 Å². The summed E-state index contributed by atoms with van der Waals surface area (Å²) in [6, 6.07) is 10.8. The maximum Gasteiger partial charge on any atom is 0.252 e. The largest absolute Gasteiger partial charge is 0.492 e. The molecule has 0 unspecified atom stereocenters. The van der Waals surface area contributed by atoms with Crippen LogP contribution in [-0.2, 0) is 22.6 Å². The fourth-order valence-electron chi connectivity index (χ4n) is 4.30. The Balaban J connectivity index is 1.82. The van der Waals surface area contributed by atoms with Crippen molar-refractivity contribution in [3.63, 3.8) is 0 Å². The van der Waals surface area contributed by atoms with Gasteiger partial charge >= 0.3 is 0 Å².